The van der Waals surface area contributed by atoms with Gasteiger partial charge in [-0.05, 0) is 82.0 Å². The number of carboxylic acids is 1. The van der Waals surface area contributed by atoms with Crippen LogP contribution in [0.3, 0.4) is 0 Å². The molecule has 9 heteroatoms. The lowest BCUT2D eigenvalue weighted by Crippen LogP contribution is -2.47. The van der Waals surface area contributed by atoms with Crippen molar-refractivity contribution in [3.8, 4) is 0 Å². The topological polar surface area (TPSA) is 125 Å². The number of carbonyl (C=O) groups excluding carboxylic acids is 3. The summed E-state index contributed by atoms with van der Waals surface area (Å²) in [5.74, 6) is -1.20. The van der Waals surface area contributed by atoms with Crippen LogP contribution >= 0.6 is 0 Å². The summed E-state index contributed by atoms with van der Waals surface area (Å²) in [6, 6.07) is 5.97. The molecule has 0 fully saturated rings. The molecule has 0 aliphatic carbocycles. The number of carboxylic acid groups (broad SMARTS) is 1. The summed E-state index contributed by atoms with van der Waals surface area (Å²) in [6.07, 6.45) is 2.80. The fraction of sp³-hybridized carbons (Fsp3) is 0.667. The van der Waals surface area contributed by atoms with Crippen molar-refractivity contribution in [1.29, 1.82) is 0 Å². The minimum atomic E-state index is -0.875. The molecule has 1 aromatic rings. The Hall–Kier alpha value is -2.94. The van der Waals surface area contributed by atoms with E-state index in [-0.39, 0.29) is 16.7 Å². The molecule has 2 atom stereocenters. The third-order valence-corrected chi connectivity index (χ3v) is 6.30. The highest BCUT2D eigenvalue weighted by atomic mass is 16.6. The predicted octanol–water partition coefficient (Wildman–Crippen LogP) is 5.28. The Kier molecular flexibility index (Phi) is 12.6. The maximum Gasteiger partial charge on any atom is 0.408 e. The lowest BCUT2D eigenvalue weighted by molar-refractivity contribution is -0.144. The number of benzene rings is 1. The summed E-state index contributed by atoms with van der Waals surface area (Å²) >= 11 is 0. The van der Waals surface area contributed by atoms with Crippen molar-refractivity contribution >= 4 is 29.9 Å². The first-order valence-corrected chi connectivity index (χ1v) is 13.6. The van der Waals surface area contributed by atoms with Gasteiger partial charge in [-0.2, -0.15) is 0 Å². The Morgan fingerprint density at radius 2 is 1.59 bits per heavy atom. The van der Waals surface area contributed by atoms with Crippen LogP contribution in [-0.4, -0.2) is 65.5 Å². The number of rotatable bonds is 14. The van der Waals surface area contributed by atoms with Crippen molar-refractivity contribution in [2.45, 2.75) is 105 Å². The van der Waals surface area contributed by atoms with E-state index in [0.717, 1.165) is 11.8 Å². The van der Waals surface area contributed by atoms with Gasteiger partial charge in [0.25, 0.3) is 0 Å². The van der Waals surface area contributed by atoms with E-state index in [4.69, 9.17) is 4.74 Å². The molecule has 0 aliphatic heterocycles. The number of hydrogen-bond acceptors (Lipinski definition) is 6. The van der Waals surface area contributed by atoms with Gasteiger partial charge >= 0.3 is 12.1 Å². The molecular formula is C30H49N3O6. The van der Waals surface area contributed by atoms with Crippen LogP contribution < -0.4 is 10.6 Å². The largest absolute Gasteiger partial charge is 0.480 e. The number of ether oxygens (including phenoxy) is 1. The second-order valence-corrected chi connectivity index (χ2v) is 13.3. The fourth-order valence-corrected chi connectivity index (χ4v) is 4.22. The average Bonchev–Trinajstić information content (AvgIpc) is 2.78. The van der Waals surface area contributed by atoms with Crippen LogP contribution in [0.15, 0.2) is 24.3 Å². The molecule has 9 nitrogen and oxygen atoms in total. The number of nitrogens with zero attached hydrogens (tertiary/aromatic N) is 1. The summed E-state index contributed by atoms with van der Waals surface area (Å²) < 4.78 is 5.34. The molecule has 2 unspecified atom stereocenters. The number of carbonyl (C=O) groups is 4. The predicted molar refractivity (Wildman–Crippen MR) is 154 cm³/mol. The van der Waals surface area contributed by atoms with Crippen molar-refractivity contribution in [1.82, 2.24) is 10.2 Å². The number of amides is 2. The summed E-state index contributed by atoms with van der Waals surface area (Å²) in [6.45, 7) is 15.8. The number of alkyl carbamates (subject to hydrolysis) is 1. The Morgan fingerprint density at radius 1 is 1.00 bits per heavy atom. The van der Waals surface area contributed by atoms with E-state index >= 15 is 0 Å². The van der Waals surface area contributed by atoms with Gasteiger partial charge < -0.3 is 25.3 Å². The van der Waals surface area contributed by atoms with E-state index in [1.165, 1.54) is 0 Å². The fourth-order valence-electron chi connectivity index (χ4n) is 4.22. The van der Waals surface area contributed by atoms with Gasteiger partial charge in [-0.25, -0.2) is 4.79 Å². The zero-order valence-corrected chi connectivity index (χ0v) is 25.2. The van der Waals surface area contributed by atoms with Crippen LogP contribution in [0.1, 0.15) is 86.6 Å². The molecule has 0 spiro atoms. The number of aliphatic carboxylic acids is 1. The number of hydrogen-bond donors (Lipinski definition) is 3. The van der Waals surface area contributed by atoms with Gasteiger partial charge in [0.05, 0.1) is 0 Å². The van der Waals surface area contributed by atoms with E-state index < -0.39 is 29.7 Å². The number of aldehydes is 1. The second-order valence-electron chi connectivity index (χ2n) is 13.3. The summed E-state index contributed by atoms with van der Waals surface area (Å²) in [4.78, 5) is 49.9. The van der Waals surface area contributed by atoms with E-state index in [1.54, 1.807) is 40.0 Å². The van der Waals surface area contributed by atoms with Crippen LogP contribution in [0, 0.1) is 10.8 Å². The van der Waals surface area contributed by atoms with Crippen molar-refractivity contribution in [2.24, 2.45) is 10.8 Å². The lowest BCUT2D eigenvalue weighted by atomic mass is 9.81. The zero-order valence-electron chi connectivity index (χ0n) is 25.2. The third kappa shape index (κ3) is 14.1. The van der Waals surface area contributed by atoms with Crippen LogP contribution in [0.25, 0.3) is 0 Å². The van der Waals surface area contributed by atoms with E-state index in [2.05, 4.69) is 10.6 Å². The highest BCUT2D eigenvalue weighted by Crippen LogP contribution is 2.29. The van der Waals surface area contributed by atoms with Gasteiger partial charge in [0.15, 0.2) is 0 Å². The molecule has 0 heterocycles. The normalized spacial score (nSPS) is 13.9. The first-order chi connectivity index (χ1) is 17.8. The van der Waals surface area contributed by atoms with Gasteiger partial charge in [-0.3, -0.25) is 14.5 Å². The van der Waals surface area contributed by atoms with Crippen molar-refractivity contribution in [2.75, 3.05) is 18.9 Å². The minimum Gasteiger partial charge on any atom is -0.480 e. The molecular weight excluding hydrogens is 498 g/mol. The molecule has 0 saturated heterocycles. The standard InChI is InChI=1S/C30H49N3O6/c1-28(2,3)19-23(32-27(38)39-29(4,5)6)25(35)31-22-13-11-21(12-14-22)15-17-33(9)24(26(36)37)20-30(7,8)16-10-18-34/h11-14,18,23-24H,10,15-17,19-20H2,1-9H3,(H,31,35)(H,32,38)(H,36,37). The molecule has 0 aliphatic rings. The van der Waals surface area contributed by atoms with Crippen LogP contribution in [0.2, 0.25) is 0 Å². The molecule has 0 bridgehead atoms. The molecule has 0 aromatic heterocycles. The average molecular weight is 548 g/mol. The Morgan fingerprint density at radius 3 is 2.08 bits per heavy atom. The monoisotopic (exact) mass is 547 g/mol. The van der Waals surface area contributed by atoms with Crippen LogP contribution in [0.5, 0.6) is 0 Å². The minimum absolute atomic E-state index is 0.204. The molecule has 39 heavy (non-hydrogen) atoms. The van der Waals surface area contributed by atoms with E-state index in [1.807, 2.05) is 51.7 Å². The maximum atomic E-state index is 13.0. The highest BCUT2D eigenvalue weighted by molar-refractivity contribution is 5.96. The highest BCUT2D eigenvalue weighted by Gasteiger charge is 2.31. The van der Waals surface area contributed by atoms with Gasteiger partial charge in [-0.1, -0.05) is 46.8 Å². The molecule has 220 valence electrons. The zero-order chi connectivity index (χ0) is 30.0. The quantitative estimate of drug-likeness (QED) is 0.271. The van der Waals surface area contributed by atoms with Gasteiger partial charge in [0.1, 0.15) is 24.0 Å². The van der Waals surface area contributed by atoms with Gasteiger partial charge in [0, 0.05) is 18.7 Å². The summed E-state index contributed by atoms with van der Waals surface area (Å²) in [7, 11) is 1.80. The SMILES string of the molecule is CN(CCc1ccc(NC(=O)C(CC(C)(C)C)NC(=O)OC(C)(C)C)cc1)C(CC(C)(C)CCC=O)C(=O)O. The molecule has 1 rings (SSSR count). The van der Waals surface area contributed by atoms with Crippen LogP contribution in [-0.2, 0) is 25.5 Å². The molecule has 0 radical (unpaired) electrons. The Labute approximate surface area is 234 Å². The van der Waals surface area contributed by atoms with Crippen molar-refractivity contribution in [3.63, 3.8) is 0 Å². The van der Waals surface area contributed by atoms with Gasteiger partial charge in [0.2, 0.25) is 5.91 Å². The smallest absolute Gasteiger partial charge is 0.408 e. The lowest BCUT2D eigenvalue weighted by Gasteiger charge is -2.32. The number of likely N-dealkylation sites (N-methyl/N-ethyl adjacent to an activating group) is 1. The Bertz CT molecular complexity index is 960. The van der Waals surface area contributed by atoms with Crippen molar-refractivity contribution < 1.29 is 29.0 Å². The Balaban J connectivity index is 2.81. The third-order valence-electron chi connectivity index (χ3n) is 6.30. The first kappa shape index (κ1) is 34.1. The second kappa shape index (κ2) is 14.4. The molecule has 1 aromatic carbocycles. The molecule has 0 saturated carbocycles. The summed E-state index contributed by atoms with van der Waals surface area (Å²) in [5, 5.41) is 15.4. The number of anilines is 1. The number of nitrogens with one attached hydrogen (secondary N) is 2. The first-order valence-electron chi connectivity index (χ1n) is 13.6. The van der Waals surface area contributed by atoms with Gasteiger partial charge in [-0.15, -0.1) is 0 Å². The van der Waals surface area contributed by atoms with Crippen molar-refractivity contribution in [3.05, 3.63) is 29.8 Å². The maximum absolute atomic E-state index is 13.0. The summed E-state index contributed by atoms with van der Waals surface area (Å²) in [5.41, 5.74) is 0.462. The van der Waals surface area contributed by atoms with Crippen LogP contribution in [0.4, 0.5) is 10.5 Å². The molecule has 3 N–H and O–H groups in total. The van der Waals surface area contributed by atoms with E-state index in [0.29, 0.717) is 44.3 Å². The van der Waals surface area contributed by atoms with E-state index in [9.17, 15) is 24.3 Å². The molecule has 2 amide bonds.